The summed E-state index contributed by atoms with van der Waals surface area (Å²) in [4.78, 5) is 40.2. The van der Waals surface area contributed by atoms with Gasteiger partial charge in [-0.3, -0.25) is 14.4 Å². The molecular formula is C25H29N3O3. The van der Waals surface area contributed by atoms with E-state index in [1.165, 1.54) is 0 Å². The standard InChI is InChI=1S/C25H29N3O3/c1-3-14-26-24(30)22(27-23(29)21-11-7-8-18(2)17-21)19-12-15-28(16-13-19)25(31)20-9-5-4-6-10-20/h3-11,17,19,22H,1,12-16H2,2H3,(H,26,30)(H,27,29)/t22-/m0/s1. The van der Waals surface area contributed by atoms with Crippen molar-refractivity contribution in [3.05, 3.63) is 83.9 Å². The van der Waals surface area contributed by atoms with E-state index in [1.54, 1.807) is 18.2 Å². The fourth-order valence-corrected chi connectivity index (χ4v) is 3.89. The van der Waals surface area contributed by atoms with Crippen LogP contribution >= 0.6 is 0 Å². The Hall–Kier alpha value is -3.41. The number of aryl methyl sites for hydroxylation is 1. The summed E-state index contributed by atoms with van der Waals surface area (Å²) in [5, 5.41) is 5.73. The van der Waals surface area contributed by atoms with E-state index in [0.29, 0.717) is 43.6 Å². The highest BCUT2D eigenvalue weighted by Crippen LogP contribution is 2.23. The van der Waals surface area contributed by atoms with E-state index in [0.717, 1.165) is 5.56 Å². The Morgan fingerprint density at radius 2 is 1.74 bits per heavy atom. The average Bonchev–Trinajstić information content (AvgIpc) is 2.81. The van der Waals surface area contributed by atoms with Gasteiger partial charge in [0.2, 0.25) is 5.91 Å². The SMILES string of the molecule is C=CCNC(=O)[C@@H](NC(=O)c1cccc(C)c1)C1CCN(C(=O)c2ccccc2)CC1. The number of amides is 3. The van der Waals surface area contributed by atoms with Crippen molar-refractivity contribution in [2.24, 2.45) is 5.92 Å². The van der Waals surface area contributed by atoms with Gasteiger partial charge in [-0.05, 0) is 49.9 Å². The topological polar surface area (TPSA) is 78.5 Å². The predicted molar refractivity (Wildman–Crippen MR) is 121 cm³/mol. The summed E-state index contributed by atoms with van der Waals surface area (Å²) < 4.78 is 0. The highest BCUT2D eigenvalue weighted by molar-refractivity contribution is 5.98. The molecule has 0 radical (unpaired) electrons. The molecule has 0 unspecified atom stereocenters. The van der Waals surface area contributed by atoms with E-state index in [4.69, 9.17) is 0 Å². The van der Waals surface area contributed by atoms with Crippen LogP contribution in [0.25, 0.3) is 0 Å². The maximum absolute atomic E-state index is 12.8. The maximum Gasteiger partial charge on any atom is 0.253 e. The van der Waals surface area contributed by atoms with E-state index in [1.807, 2.05) is 54.3 Å². The fourth-order valence-electron chi connectivity index (χ4n) is 3.89. The molecule has 1 aliphatic heterocycles. The zero-order valence-corrected chi connectivity index (χ0v) is 17.8. The summed E-state index contributed by atoms with van der Waals surface area (Å²) >= 11 is 0. The Morgan fingerprint density at radius 1 is 1.06 bits per heavy atom. The normalized spacial score (nSPS) is 15.1. The van der Waals surface area contributed by atoms with Crippen LogP contribution in [0.2, 0.25) is 0 Å². The molecule has 1 saturated heterocycles. The molecular weight excluding hydrogens is 390 g/mol. The Bertz CT molecular complexity index is 934. The Labute approximate surface area is 183 Å². The van der Waals surface area contributed by atoms with Gasteiger partial charge in [-0.15, -0.1) is 6.58 Å². The van der Waals surface area contributed by atoms with E-state index >= 15 is 0 Å². The van der Waals surface area contributed by atoms with Crippen molar-refractivity contribution in [3.8, 4) is 0 Å². The summed E-state index contributed by atoms with van der Waals surface area (Å²) in [5.74, 6) is -0.562. The minimum absolute atomic E-state index is 0.00416. The van der Waals surface area contributed by atoms with Crippen molar-refractivity contribution in [2.75, 3.05) is 19.6 Å². The molecule has 2 N–H and O–H groups in total. The lowest BCUT2D eigenvalue weighted by Gasteiger charge is -2.35. The third-order valence-electron chi connectivity index (χ3n) is 5.59. The van der Waals surface area contributed by atoms with Crippen LogP contribution in [0.4, 0.5) is 0 Å². The highest BCUT2D eigenvalue weighted by Gasteiger charge is 2.34. The lowest BCUT2D eigenvalue weighted by atomic mass is 9.88. The van der Waals surface area contributed by atoms with E-state index in [9.17, 15) is 14.4 Å². The highest BCUT2D eigenvalue weighted by atomic mass is 16.2. The molecule has 6 nitrogen and oxygen atoms in total. The van der Waals surface area contributed by atoms with Crippen molar-refractivity contribution in [2.45, 2.75) is 25.8 Å². The smallest absolute Gasteiger partial charge is 0.253 e. The first kappa shape index (κ1) is 22.3. The number of nitrogens with one attached hydrogen (secondary N) is 2. The largest absolute Gasteiger partial charge is 0.351 e. The first-order valence-electron chi connectivity index (χ1n) is 10.6. The van der Waals surface area contributed by atoms with Gasteiger partial charge < -0.3 is 15.5 Å². The van der Waals surface area contributed by atoms with E-state index < -0.39 is 6.04 Å². The lowest BCUT2D eigenvalue weighted by Crippen LogP contribution is -2.53. The van der Waals surface area contributed by atoms with Crippen molar-refractivity contribution in [3.63, 3.8) is 0 Å². The van der Waals surface area contributed by atoms with Crippen LogP contribution in [0.1, 0.15) is 39.1 Å². The molecule has 31 heavy (non-hydrogen) atoms. The second kappa shape index (κ2) is 10.6. The number of rotatable bonds is 7. The first-order valence-corrected chi connectivity index (χ1v) is 10.6. The van der Waals surface area contributed by atoms with E-state index in [2.05, 4.69) is 17.2 Å². The number of piperidine rings is 1. The van der Waals surface area contributed by atoms with Crippen LogP contribution in [0.15, 0.2) is 67.3 Å². The quantitative estimate of drug-likeness (QED) is 0.678. The van der Waals surface area contributed by atoms with Gasteiger partial charge in [0.05, 0.1) is 0 Å². The van der Waals surface area contributed by atoms with Gasteiger partial charge in [0, 0.05) is 30.8 Å². The van der Waals surface area contributed by atoms with Crippen molar-refractivity contribution >= 4 is 17.7 Å². The Morgan fingerprint density at radius 3 is 2.39 bits per heavy atom. The molecule has 2 aromatic rings. The minimum Gasteiger partial charge on any atom is -0.351 e. The monoisotopic (exact) mass is 419 g/mol. The van der Waals surface area contributed by atoms with E-state index in [-0.39, 0.29) is 23.6 Å². The van der Waals surface area contributed by atoms with Gasteiger partial charge in [0.15, 0.2) is 0 Å². The molecule has 2 aromatic carbocycles. The Balaban J connectivity index is 1.68. The molecule has 0 aliphatic carbocycles. The maximum atomic E-state index is 12.8. The van der Waals surface area contributed by atoms with Crippen LogP contribution in [0.5, 0.6) is 0 Å². The van der Waals surface area contributed by atoms with Gasteiger partial charge in [-0.2, -0.15) is 0 Å². The fraction of sp³-hybridized carbons (Fsp3) is 0.320. The van der Waals surface area contributed by atoms with Gasteiger partial charge in [-0.1, -0.05) is 42.0 Å². The third kappa shape index (κ3) is 5.81. The van der Waals surface area contributed by atoms with Crippen molar-refractivity contribution in [1.82, 2.24) is 15.5 Å². The molecule has 0 saturated carbocycles. The lowest BCUT2D eigenvalue weighted by molar-refractivity contribution is -0.124. The zero-order valence-electron chi connectivity index (χ0n) is 17.8. The molecule has 1 atom stereocenters. The number of carbonyl (C=O) groups excluding carboxylic acids is 3. The molecule has 1 aliphatic rings. The van der Waals surface area contributed by atoms with Crippen LogP contribution in [-0.4, -0.2) is 48.3 Å². The third-order valence-corrected chi connectivity index (χ3v) is 5.59. The summed E-state index contributed by atoms with van der Waals surface area (Å²) in [6.07, 6.45) is 2.89. The van der Waals surface area contributed by atoms with Gasteiger partial charge in [0.1, 0.15) is 6.04 Å². The minimum atomic E-state index is -0.665. The van der Waals surface area contributed by atoms with Gasteiger partial charge in [-0.25, -0.2) is 0 Å². The molecule has 0 bridgehead atoms. The summed E-state index contributed by atoms with van der Waals surface area (Å²) in [7, 11) is 0. The van der Waals surface area contributed by atoms with Crippen LogP contribution in [-0.2, 0) is 4.79 Å². The molecule has 0 aromatic heterocycles. The average molecular weight is 420 g/mol. The molecule has 6 heteroatoms. The van der Waals surface area contributed by atoms with Crippen molar-refractivity contribution in [1.29, 1.82) is 0 Å². The number of nitrogens with zero attached hydrogens (tertiary/aromatic N) is 1. The first-order chi connectivity index (χ1) is 15.0. The van der Waals surface area contributed by atoms with Crippen LogP contribution in [0.3, 0.4) is 0 Å². The molecule has 3 rings (SSSR count). The summed E-state index contributed by atoms with van der Waals surface area (Å²) in [6, 6.07) is 15.8. The zero-order chi connectivity index (χ0) is 22.2. The number of hydrogen-bond acceptors (Lipinski definition) is 3. The number of hydrogen-bond donors (Lipinski definition) is 2. The molecule has 162 valence electrons. The number of benzene rings is 2. The number of likely N-dealkylation sites (tertiary alicyclic amines) is 1. The number of carbonyl (C=O) groups is 3. The van der Waals surface area contributed by atoms with Gasteiger partial charge in [0.25, 0.3) is 11.8 Å². The van der Waals surface area contributed by atoms with Crippen LogP contribution in [0, 0.1) is 12.8 Å². The molecule has 0 spiro atoms. The second-order valence-electron chi connectivity index (χ2n) is 7.85. The molecule has 1 fully saturated rings. The summed E-state index contributed by atoms with van der Waals surface area (Å²) in [6.45, 7) is 6.98. The van der Waals surface area contributed by atoms with Crippen molar-refractivity contribution < 1.29 is 14.4 Å². The molecule has 1 heterocycles. The Kier molecular flexibility index (Phi) is 7.60. The van der Waals surface area contributed by atoms with Gasteiger partial charge >= 0.3 is 0 Å². The predicted octanol–water partition coefficient (Wildman–Crippen LogP) is 2.95. The molecule has 3 amide bonds. The summed E-state index contributed by atoms with van der Waals surface area (Å²) in [5.41, 5.74) is 2.17. The second-order valence-corrected chi connectivity index (χ2v) is 7.85. The van der Waals surface area contributed by atoms with Crippen LogP contribution < -0.4 is 10.6 Å².